The minimum absolute atomic E-state index is 0.0378. The zero-order valence-electron chi connectivity index (χ0n) is 16.4. The minimum Gasteiger partial charge on any atom is -0.506 e. The molecule has 32 heavy (non-hydrogen) atoms. The van der Waals surface area contributed by atoms with Crippen molar-refractivity contribution in [3.63, 3.8) is 0 Å². The summed E-state index contributed by atoms with van der Waals surface area (Å²) in [5.74, 6) is -0.503. The van der Waals surface area contributed by atoms with Gasteiger partial charge in [-0.1, -0.05) is 5.21 Å². The van der Waals surface area contributed by atoms with Crippen LogP contribution in [0.4, 0.5) is 5.82 Å². The number of nitrogens with zero attached hydrogens (tertiary/aromatic N) is 7. The van der Waals surface area contributed by atoms with Gasteiger partial charge in [0.15, 0.2) is 5.69 Å². The highest BCUT2D eigenvalue weighted by Gasteiger charge is 2.26. The summed E-state index contributed by atoms with van der Waals surface area (Å²) in [5, 5.41) is 29.2. The fourth-order valence-electron chi connectivity index (χ4n) is 2.98. The topological polar surface area (TPSA) is 170 Å². The second-order valence-corrected chi connectivity index (χ2v) is 8.40. The maximum absolute atomic E-state index is 13.0. The number of carbonyl (C=O) groups is 1. The predicted octanol–water partition coefficient (Wildman–Crippen LogP) is 1.06. The van der Waals surface area contributed by atoms with E-state index < -0.39 is 5.91 Å². The van der Waals surface area contributed by atoms with Gasteiger partial charge < -0.3 is 15.6 Å². The molecule has 1 amide bonds. The third-order valence-electron chi connectivity index (χ3n) is 4.55. The number of hydrazone groups is 1. The number of anilines is 1. The molecular formula is C17H17Br2N9O4. The quantitative estimate of drug-likeness (QED) is 0.287. The summed E-state index contributed by atoms with van der Waals surface area (Å²) >= 11 is 6.50. The van der Waals surface area contributed by atoms with Gasteiger partial charge in [-0.25, -0.2) is 10.1 Å². The van der Waals surface area contributed by atoms with Crippen molar-refractivity contribution in [1.29, 1.82) is 0 Å². The van der Waals surface area contributed by atoms with Gasteiger partial charge in [0.2, 0.25) is 11.6 Å². The lowest BCUT2D eigenvalue weighted by molar-refractivity contribution is 0.0335. The van der Waals surface area contributed by atoms with Crippen LogP contribution in [0.15, 0.2) is 30.8 Å². The Labute approximate surface area is 197 Å². The number of hydrogen-bond donors (Lipinski definition) is 3. The number of nitrogens with two attached hydrogens (primary N) is 1. The van der Waals surface area contributed by atoms with Crippen LogP contribution in [0.3, 0.4) is 0 Å². The Morgan fingerprint density at radius 2 is 2.00 bits per heavy atom. The first-order valence-electron chi connectivity index (χ1n) is 9.28. The number of phenolic OH excluding ortho intramolecular Hbond substituents is 1. The van der Waals surface area contributed by atoms with Crippen molar-refractivity contribution >= 4 is 49.8 Å². The number of rotatable bonds is 6. The molecule has 1 aliphatic heterocycles. The van der Waals surface area contributed by atoms with E-state index in [1.165, 1.54) is 10.9 Å². The first-order chi connectivity index (χ1) is 15.4. The molecule has 13 nitrogen and oxygen atoms in total. The average molecular weight is 571 g/mol. The average Bonchev–Trinajstić information content (AvgIpc) is 3.38. The van der Waals surface area contributed by atoms with E-state index in [0.29, 0.717) is 53.1 Å². The summed E-state index contributed by atoms with van der Waals surface area (Å²) in [6.45, 7) is 2.96. The van der Waals surface area contributed by atoms with Crippen LogP contribution in [0.1, 0.15) is 21.7 Å². The normalized spacial score (nSPS) is 14.8. The number of aromatic hydroxyl groups is 1. The molecule has 1 fully saturated rings. The van der Waals surface area contributed by atoms with Crippen molar-refractivity contribution in [2.75, 3.05) is 32.0 Å². The van der Waals surface area contributed by atoms with E-state index in [0.717, 1.165) is 0 Å². The van der Waals surface area contributed by atoms with E-state index in [2.05, 4.69) is 72.5 Å². The summed E-state index contributed by atoms with van der Waals surface area (Å²) in [6.07, 6.45) is 1.43. The van der Waals surface area contributed by atoms with E-state index in [1.807, 2.05) is 0 Å². The fourth-order valence-corrected chi connectivity index (χ4v) is 4.20. The van der Waals surface area contributed by atoms with Gasteiger partial charge in [-0.05, 0) is 59.9 Å². The maximum Gasteiger partial charge on any atom is 0.292 e. The number of phenols is 1. The molecular weight excluding hydrogens is 554 g/mol. The molecule has 3 aromatic rings. The summed E-state index contributed by atoms with van der Waals surface area (Å²) < 4.78 is 12.1. The third-order valence-corrected chi connectivity index (χ3v) is 5.76. The molecule has 4 N–H and O–H groups in total. The molecule has 0 atom stereocenters. The van der Waals surface area contributed by atoms with Crippen LogP contribution in [-0.4, -0.2) is 73.7 Å². The largest absolute Gasteiger partial charge is 0.506 e. The summed E-state index contributed by atoms with van der Waals surface area (Å²) in [4.78, 5) is 15.1. The number of amides is 1. The molecule has 0 spiro atoms. The second kappa shape index (κ2) is 9.72. The van der Waals surface area contributed by atoms with Crippen LogP contribution in [-0.2, 0) is 11.3 Å². The van der Waals surface area contributed by atoms with E-state index in [4.69, 9.17) is 10.5 Å². The zero-order valence-corrected chi connectivity index (χ0v) is 19.6. The van der Waals surface area contributed by atoms with Gasteiger partial charge in [-0.15, -0.1) is 5.10 Å². The molecule has 1 aromatic carbocycles. The number of morpholine rings is 1. The number of hydrogen-bond acceptors (Lipinski definition) is 11. The Morgan fingerprint density at radius 1 is 1.28 bits per heavy atom. The molecule has 1 saturated heterocycles. The molecule has 168 valence electrons. The van der Waals surface area contributed by atoms with Gasteiger partial charge in [0.1, 0.15) is 11.4 Å². The van der Waals surface area contributed by atoms with E-state index in [1.54, 1.807) is 12.1 Å². The van der Waals surface area contributed by atoms with Crippen LogP contribution in [0.2, 0.25) is 0 Å². The lowest BCUT2D eigenvalue weighted by Crippen LogP contribution is -2.36. The standard InChI is InChI=1S/C17H17Br2N9O4/c18-10-5-9(6-11(19)14(10)29)7-21-23-17(30)13-12(8-27-1-3-31-4-2-27)22-26-28(13)16-15(20)24-32-25-16/h5-7,29H,1-4,8H2,(H2,20,24)(H,23,30)/b21-7+. The summed E-state index contributed by atoms with van der Waals surface area (Å²) in [5.41, 5.74) is 9.38. The van der Waals surface area contributed by atoms with Crippen molar-refractivity contribution in [1.82, 2.24) is 35.6 Å². The number of halogens is 2. The van der Waals surface area contributed by atoms with Crippen LogP contribution >= 0.6 is 31.9 Å². The van der Waals surface area contributed by atoms with Gasteiger partial charge in [0, 0.05) is 19.6 Å². The molecule has 0 radical (unpaired) electrons. The molecule has 15 heteroatoms. The van der Waals surface area contributed by atoms with Crippen LogP contribution in [0.5, 0.6) is 5.75 Å². The molecule has 2 aromatic heterocycles. The highest BCUT2D eigenvalue weighted by Crippen LogP contribution is 2.32. The van der Waals surface area contributed by atoms with Crippen molar-refractivity contribution in [3.8, 4) is 11.6 Å². The van der Waals surface area contributed by atoms with Crippen molar-refractivity contribution in [3.05, 3.63) is 38.0 Å². The maximum atomic E-state index is 13.0. The number of ether oxygens (including phenoxy) is 1. The molecule has 0 unspecified atom stereocenters. The number of carbonyl (C=O) groups excluding carboxylic acids is 1. The minimum atomic E-state index is -0.575. The van der Waals surface area contributed by atoms with Gasteiger partial charge in [-0.2, -0.15) is 9.78 Å². The fraction of sp³-hybridized carbons (Fsp3) is 0.294. The first-order valence-corrected chi connectivity index (χ1v) is 10.9. The molecule has 3 heterocycles. The van der Waals surface area contributed by atoms with Gasteiger partial charge in [0.05, 0.1) is 28.4 Å². The first kappa shape index (κ1) is 22.3. The number of aromatic nitrogens is 5. The van der Waals surface area contributed by atoms with Gasteiger partial charge >= 0.3 is 0 Å². The van der Waals surface area contributed by atoms with Crippen molar-refractivity contribution in [2.45, 2.75) is 6.54 Å². The molecule has 0 bridgehead atoms. The molecule has 0 saturated carbocycles. The Balaban J connectivity index is 1.59. The highest BCUT2D eigenvalue weighted by atomic mass is 79.9. The second-order valence-electron chi connectivity index (χ2n) is 6.69. The van der Waals surface area contributed by atoms with Crippen LogP contribution < -0.4 is 11.2 Å². The molecule has 4 rings (SSSR count). The number of nitrogen functional groups attached to an aromatic ring is 1. The van der Waals surface area contributed by atoms with E-state index >= 15 is 0 Å². The third kappa shape index (κ3) is 4.79. The number of benzene rings is 1. The van der Waals surface area contributed by atoms with E-state index in [-0.39, 0.29) is 23.1 Å². The van der Waals surface area contributed by atoms with Crippen LogP contribution in [0.25, 0.3) is 5.82 Å². The highest BCUT2D eigenvalue weighted by molar-refractivity contribution is 9.11. The Hall–Kier alpha value is -2.88. The SMILES string of the molecule is Nc1nonc1-n1nnc(CN2CCOCC2)c1C(=O)N/N=C/c1cc(Br)c(O)c(Br)c1. The summed E-state index contributed by atoms with van der Waals surface area (Å²) in [6, 6.07) is 3.29. The monoisotopic (exact) mass is 569 g/mol. The van der Waals surface area contributed by atoms with Gasteiger partial charge in [0.25, 0.3) is 5.91 Å². The van der Waals surface area contributed by atoms with E-state index in [9.17, 15) is 9.90 Å². The Morgan fingerprint density at radius 3 is 2.66 bits per heavy atom. The molecule has 0 aliphatic carbocycles. The summed E-state index contributed by atoms with van der Waals surface area (Å²) in [7, 11) is 0. The Kier molecular flexibility index (Phi) is 6.78. The molecule has 1 aliphatic rings. The van der Waals surface area contributed by atoms with Crippen LogP contribution in [0, 0.1) is 0 Å². The Bertz CT molecular complexity index is 1130. The van der Waals surface area contributed by atoms with Crippen molar-refractivity contribution < 1.29 is 19.3 Å². The zero-order chi connectivity index (χ0) is 22.7. The number of nitrogens with one attached hydrogen (secondary N) is 1. The smallest absolute Gasteiger partial charge is 0.292 e. The predicted molar refractivity (Wildman–Crippen MR) is 118 cm³/mol. The lowest BCUT2D eigenvalue weighted by atomic mass is 10.2. The van der Waals surface area contributed by atoms with Gasteiger partial charge in [-0.3, -0.25) is 9.69 Å². The van der Waals surface area contributed by atoms with Crippen molar-refractivity contribution in [2.24, 2.45) is 5.10 Å². The lowest BCUT2D eigenvalue weighted by Gasteiger charge is -2.25.